The normalized spacial score (nSPS) is 24.4. The van der Waals surface area contributed by atoms with Crippen molar-refractivity contribution in [1.82, 2.24) is 5.06 Å². The van der Waals surface area contributed by atoms with Crippen LogP contribution in [0.4, 0.5) is 0 Å². The minimum atomic E-state index is -1.48. The highest BCUT2D eigenvalue weighted by Gasteiger charge is 2.48. The van der Waals surface area contributed by atoms with Crippen LogP contribution in [0.25, 0.3) is 0 Å². The van der Waals surface area contributed by atoms with Crippen LogP contribution in [0, 0.1) is 0 Å². The van der Waals surface area contributed by atoms with E-state index in [1.54, 1.807) is 31.2 Å². The van der Waals surface area contributed by atoms with E-state index in [1.807, 2.05) is 6.07 Å². The summed E-state index contributed by atoms with van der Waals surface area (Å²) in [4.78, 5) is 27.3. The molecule has 1 heterocycles. The molecule has 2 rings (SSSR count). The van der Waals surface area contributed by atoms with Gasteiger partial charge in [0.15, 0.2) is 0 Å². The predicted molar refractivity (Wildman–Crippen MR) is 66.5 cm³/mol. The first-order valence-corrected chi connectivity index (χ1v) is 5.96. The van der Waals surface area contributed by atoms with E-state index in [4.69, 9.17) is 9.57 Å². The molecule has 5 nitrogen and oxygen atoms in total. The molecule has 0 bridgehead atoms. The summed E-state index contributed by atoms with van der Waals surface area (Å²) in [5.41, 5.74) is 0.565. The van der Waals surface area contributed by atoms with Gasteiger partial charge in [0.2, 0.25) is 4.93 Å². The lowest BCUT2D eigenvalue weighted by molar-refractivity contribution is -0.220. The molecule has 1 fully saturated rings. The molecule has 0 aliphatic carbocycles. The number of amides is 2. The second-order valence-corrected chi connectivity index (χ2v) is 4.34. The second kappa shape index (κ2) is 5.09. The third-order valence-electron chi connectivity index (χ3n) is 2.53. The van der Waals surface area contributed by atoms with Crippen LogP contribution in [-0.4, -0.2) is 30.1 Å². The third kappa shape index (κ3) is 2.14. The molecule has 18 heavy (non-hydrogen) atoms. The van der Waals surface area contributed by atoms with Gasteiger partial charge in [-0.2, -0.15) is 0 Å². The molecule has 96 valence electrons. The molecule has 1 unspecified atom stereocenters. The van der Waals surface area contributed by atoms with Crippen LogP contribution in [0.15, 0.2) is 30.3 Å². The number of imide groups is 1. The lowest BCUT2D eigenvalue weighted by atomic mass is 10.1. The second-order valence-electron chi connectivity index (χ2n) is 3.71. The topological polar surface area (TPSA) is 55.8 Å². The zero-order valence-electron chi connectivity index (χ0n) is 9.83. The highest BCUT2D eigenvalue weighted by molar-refractivity contribution is 7.82. The van der Waals surface area contributed by atoms with Crippen molar-refractivity contribution in [3.8, 4) is 0 Å². The molecule has 0 saturated carbocycles. The van der Waals surface area contributed by atoms with Gasteiger partial charge in [0, 0.05) is 5.56 Å². The molecule has 6 heteroatoms. The number of morpholine rings is 1. The van der Waals surface area contributed by atoms with E-state index in [1.165, 1.54) is 0 Å². The Bertz CT molecular complexity index is 464. The van der Waals surface area contributed by atoms with Gasteiger partial charge < -0.3 is 4.74 Å². The summed E-state index contributed by atoms with van der Waals surface area (Å²) < 4.78 is 5.30. The van der Waals surface area contributed by atoms with E-state index < -0.39 is 16.7 Å². The van der Waals surface area contributed by atoms with E-state index >= 15 is 0 Å². The summed E-state index contributed by atoms with van der Waals surface area (Å²) >= 11 is 4.28. The van der Waals surface area contributed by atoms with Gasteiger partial charge in [-0.25, -0.2) is 0 Å². The first kappa shape index (κ1) is 13.1. The van der Waals surface area contributed by atoms with Crippen molar-refractivity contribution in [2.24, 2.45) is 0 Å². The number of hydrogen-bond acceptors (Lipinski definition) is 5. The Morgan fingerprint density at radius 3 is 2.67 bits per heavy atom. The van der Waals surface area contributed by atoms with Crippen LogP contribution in [0.3, 0.4) is 0 Å². The van der Waals surface area contributed by atoms with Gasteiger partial charge in [-0.15, -0.1) is 17.7 Å². The molecule has 1 aliphatic rings. The van der Waals surface area contributed by atoms with Crippen LogP contribution >= 0.6 is 12.6 Å². The predicted octanol–water partition coefficient (Wildman–Crippen LogP) is 1.11. The van der Waals surface area contributed by atoms with Crippen molar-refractivity contribution in [3.63, 3.8) is 0 Å². The van der Waals surface area contributed by atoms with Gasteiger partial charge in [0.1, 0.15) is 6.61 Å². The molecule has 0 spiro atoms. The number of ether oxygens (including phenoxy) is 1. The average Bonchev–Trinajstić information content (AvgIpc) is 2.40. The smallest absolute Gasteiger partial charge is 0.300 e. The number of nitrogens with zero attached hydrogens (tertiary/aromatic N) is 1. The first-order chi connectivity index (χ1) is 8.59. The molecule has 0 aromatic heterocycles. The summed E-state index contributed by atoms with van der Waals surface area (Å²) in [6.07, 6.45) is 0. The Hall–Kier alpha value is -1.37. The standard InChI is InChI=1S/C12H13NO4S/c1-2-17-13-10(14)8-16-12(18,11(13)15)9-6-4-3-5-7-9/h3-7,18H,2,8H2,1H3. The summed E-state index contributed by atoms with van der Waals surface area (Å²) in [5, 5.41) is 0.726. The molecule has 0 N–H and O–H groups in total. The fourth-order valence-corrected chi connectivity index (χ4v) is 1.97. The maximum atomic E-state index is 12.2. The monoisotopic (exact) mass is 267 g/mol. The number of thiol groups is 1. The molecular weight excluding hydrogens is 254 g/mol. The molecule has 1 saturated heterocycles. The number of carbonyl (C=O) groups is 2. The molecule has 2 amide bonds. The van der Waals surface area contributed by atoms with Gasteiger partial charge in [0.05, 0.1) is 6.61 Å². The van der Waals surface area contributed by atoms with E-state index in [0.29, 0.717) is 5.56 Å². The molecule has 1 aliphatic heterocycles. The highest BCUT2D eigenvalue weighted by Crippen LogP contribution is 2.35. The van der Waals surface area contributed by atoms with Gasteiger partial charge in [-0.05, 0) is 6.92 Å². The zero-order valence-corrected chi connectivity index (χ0v) is 10.7. The molecule has 1 aromatic rings. The summed E-state index contributed by atoms with van der Waals surface area (Å²) in [6.45, 7) is 1.67. The van der Waals surface area contributed by atoms with Crippen molar-refractivity contribution < 1.29 is 19.2 Å². The highest BCUT2D eigenvalue weighted by atomic mass is 32.1. The lowest BCUT2D eigenvalue weighted by Gasteiger charge is -2.36. The van der Waals surface area contributed by atoms with Crippen molar-refractivity contribution >= 4 is 24.4 Å². The summed E-state index contributed by atoms with van der Waals surface area (Å²) in [5.74, 6) is -1.16. The molecule has 1 aromatic carbocycles. The quantitative estimate of drug-likeness (QED) is 0.658. The van der Waals surface area contributed by atoms with Gasteiger partial charge in [-0.3, -0.25) is 14.4 Å². The third-order valence-corrected chi connectivity index (χ3v) is 3.11. The van der Waals surface area contributed by atoms with Crippen LogP contribution < -0.4 is 0 Å². The fourth-order valence-electron chi connectivity index (χ4n) is 1.67. The zero-order chi connectivity index (χ0) is 13.2. The number of hydroxylamine groups is 2. The first-order valence-electron chi connectivity index (χ1n) is 5.51. The number of rotatable bonds is 3. The Kier molecular flexibility index (Phi) is 3.70. The van der Waals surface area contributed by atoms with E-state index in [0.717, 1.165) is 5.06 Å². The largest absolute Gasteiger partial charge is 0.341 e. The maximum Gasteiger partial charge on any atom is 0.300 e. The molecule has 0 radical (unpaired) electrons. The van der Waals surface area contributed by atoms with Crippen LogP contribution in [-0.2, 0) is 24.1 Å². The van der Waals surface area contributed by atoms with Crippen molar-refractivity contribution in [1.29, 1.82) is 0 Å². The van der Waals surface area contributed by atoms with Crippen molar-refractivity contribution in [2.75, 3.05) is 13.2 Å². The Balaban J connectivity index is 2.34. The summed E-state index contributed by atoms with van der Waals surface area (Å²) in [7, 11) is 0. The van der Waals surface area contributed by atoms with Gasteiger partial charge in [-0.1, -0.05) is 30.3 Å². The Labute approximate surface area is 110 Å². The minimum Gasteiger partial charge on any atom is -0.341 e. The van der Waals surface area contributed by atoms with Crippen molar-refractivity contribution in [2.45, 2.75) is 11.9 Å². The summed E-state index contributed by atoms with van der Waals surface area (Å²) in [6, 6.07) is 8.78. The Morgan fingerprint density at radius 1 is 1.39 bits per heavy atom. The number of carbonyl (C=O) groups excluding carboxylic acids is 2. The SMILES string of the molecule is CCON1C(=O)COC(S)(c2ccccc2)C1=O. The van der Waals surface area contributed by atoms with Crippen LogP contribution in [0.2, 0.25) is 0 Å². The number of benzene rings is 1. The molecular formula is C12H13NO4S. The van der Waals surface area contributed by atoms with Crippen LogP contribution in [0.1, 0.15) is 12.5 Å². The van der Waals surface area contributed by atoms with Crippen LogP contribution in [0.5, 0.6) is 0 Å². The molecule has 1 atom stereocenters. The van der Waals surface area contributed by atoms with Gasteiger partial charge in [0.25, 0.3) is 5.91 Å². The van der Waals surface area contributed by atoms with E-state index in [2.05, 4.69) is 12.6 Å². The van der Waals surface area contributed by atoms with Gasteiger partial charge >= 0.3 is 5.91 Å². The van der Waals surface area contributed by atoms with E-state index in [-0.39, 0.29) is 13.2 Å². The minimum absolute atomic E-state index is 0.218. The van der Waals surface area contributed by atoms with E-state index in [9.17, 15) is 9.59 Å². The Morgan fingerprint density at radius 2 is 2.06 bits per heavy atom. The maximum absolute atomic E-state index is 12.2. The lowest BCUT2D eigenvalue weighted by Crippen LogP contribution is -2.54. The fraction of sp³-hybridized carbons (Fsp3) is 0.333. The average molecular weight is 267 g/mol. The van der Waals surface area contributed by atoms with Crippen molar-refractivity contribution in [3.05, 3.63) is 35.9 Å². The number of hydrogen-bond donors (Lipinski definition) is 1.